The number of aliphatic hydroxyl groups excluding tert-OH is 9. The van der Waals surface area contributed by atoms with Crippen molar-refractivity contribution in [2.24, 2.45) is 56.7 Å². The van der Waals surface area contributed by atoms with Crippen molar-refractivity contribution in [2.75, 3.05) is 19.8 Å². The SMILES string of the molecule is C[C@H]1[C@H](C)CC[C@]2(C(=O)O[C@@H]3O[C@H](CO)[C@@H](O)[C@H](O)[C@H]3O)CC[C@]3(C)C(=CC[C@@H]4[C@@]5(C)CC[C@@H](O[C@@H]6OC[C@H](O)[C@H](O[C@@H]7OC[C@H](O)[C@H](O)[C@H]7O)[C@H]6O)C(C)(C)[C@@H]5CC[C@]43C)[C@H]12. The molecule has 16 nitrogen and oxygen atoms in total. The smallest absolute Gasteiger partial charge is 0.315 e. The second-order valence-corrected chi connectivity index (χ2v) is 22.0. The molecule has 7 fully saturated rings. The van der Waals surface area contributed by atoms with E-state index in [9.17, 15) is 50.8 Å². The van der Waals surface area contributed by atoms with Crippen LogP contribution in [0.4, 0.5) is 0 Å². The highest BCUT2D eigenvalue weighted by Gasteiger charge is 2.70. The van der Waals surface area contributed by atoms with Crippen LogP contribution in [-0.2, 0) is 33.2 Å². The van der Waals surface area contributed by atoms with Gasteiger partial charge in [-0.2, -0.15) is 0 Å². The lowest BCUT2D eigenvalue weighted by Gasteiger charge is -2.71. The van der Waals surface area contributed by atoms with Crippen molar-refractivity contribution in [3.8, 4) is 0 Å². The second kappa shape index (κ2) is 16.8. The Morgan fingerprint density at radius 1 is 0.710 bits per heavy atom. The number of fused-ring (bicyclic) bond motifs is 7. The van der Waals surface area contributed by atoms with Crippen molar-refractivity contribution in [3.63, 3.8) is 0 Å². The number of hydrogen-bond donors (Lipinski definition) is 9. The van der Waals surface area contributed by atoms with Gasteiger partial charge in [-0.15, -0.1) is 0 Å². The average molecular weight is 883 g/mol. The van der Waals surface area contributed by atoms with E-state index in [-0.39, 0.29) is 58.7 Å². The van der Waals surface area contributed by atoms with Gasteiger partial charge in [-0.25, -0.2) is 0 Å². The van der Waals surface area contributed by atoms with Crippen LogP contribution in [0.2, 0.25) is 0 Å². The predicted molar refractivity (Wildman–Crippen MR) is 218 cm³/mol. The van der Waals surface area contributed by atoms with Crippen LogP contribution in [0.25, 0.3) is 0 Å². The van der Waals surface area contributed by atoms with Gasteiger partial charge in [-0.05, 0) is 109 Å². The summed E-state index contributed by atoms with van der Waals surface area (Å²) < 4.78 is 35.5. The summed E-state index contributed by atoms with van der Waals surface area (Å²) in [6.45, 7) is 15.2. The number of esters is 1. The highest BCUT2D eigenvalue weighted by atomic mass is 16.7. The van der Waals surface area contributed by atoms with E-state index in [1.165, 1.54) is 5.57 Å². The van der Waals surface area contributed by atoms with Crippen LogP contribution in [-0.4, -0.2) is 158 Å². The number of rotatable bonds is 7. The van der Waals surface area contributed by atoms with Gasteiger partial charge in [0.2, 0.25) is 6.29 Å². The molecule has 354 valence electrons. The van der Waals surface area contributed by atoms with Gasteiger partial charge in [0.15, 0.2) is 12.6 Å². The number of carbonyl (C=O) groups excluding carboxylic acids is 1. The lowest BCUT2D eigenvalue weighted by Crippen LogP contribution is -2.66. The molecule has 9 N–H and O–H groups in total. The maximum Gasteiger partial charge on any atom is 0.315 e. The van der Waals surface area contributed by atoms with E-state index in [0.717, 1.165) is 38.5 Å². The zero-order chi connectivity index (χ0) is 45.1. The van der Waals surface area contributed by atoms with Crippen molar-refractivity contribution in [2.45, 2.75) is 192 Å². The molecule has 0 unspecified atom stereocenters. The molecule has 0 bridgehead atoms. The third-order valence-corrected chi connectivity index (χ3v) is 18.9. The van der Waals surface area contributed by atoms with Gasteiger partial charge in [0.05, 0.1) is 31.3 Å². The molecule has 4 saturated carbocycles. The molecule has 0 spiro atoms. The Hall–Kier alpha value is -1.35. The quantitative estimate of drug-likeness (QED) is 0.0992. The third-order valence-electron chi connectivity index (χ3n) is 18.9. The Kier molecular flexibility index (Phi) is 12.7. The van der Waals surface area contributed by atoms with Crippen LogP contribution in [0.5, 0.6) is 0 Å². The number of carbonyl (C=O) groups is 1. The van der Waals surface area contributed by atoms with Gasteiger partial charge in [-0.3, -0.25) is 4.79 Å². The van der Waals surface area contributed by atoms with Crippen molar-refractivity contribution in [3.05, 3.63) is 11.6 Å². The first-order chi connectivity index (χ1) is 29.1. The van der Waals surface area contributed by atoms with Gasteiger partial charge in [0.1, 0.15) is 61.0 Å². The summed E-state index contributed by atoms with van der Waals surface area (Å²) in [6, 6.07) is 0. The first-order valence-electron chi connectivity index (χ1n) is 23.2. The monoisotopic (exact) mass is 882 g/mol. The van der Waals surface area contributed by atoms with Gasteiger partial charge in [-0.1, -0.05) is 60.1 Å². The van der Waals surface area contributed by atoms with Crippen LogP contribution in [0.1, 0.15) is 106 Å². The van der Waals surface area contributed by atoms with Crippen molar-refractivity contribution >= 4 is 5.97 Å². The minimum absolute atomic E-state index is 0.0722. The molecule has 8 aliphatic rings. The number of hydrogen-bond acceptors (Lipinski definition) is 16. The summed E-state index contributed by atoms with van der Waals surface area (Å²) in [5.41, 5.74) is -0.276. The molecule has 62 heavy (non-hydrogen) atoms. The molecule has 0 aromatic rings. The lowest BCUT2D eigenvalue weighted by atomic mass is 9.33. The number of ether oxygens (including phenoxy) is 6. The van der Waals surface area contributed by atoms with Gasteiger partial charge < -0.3 is 74.4 Å². The fourth-order valence-electron chi connectivity index (χ4n) is 14.7. The predicted octanol–water partition coefficient (Wildman–Crippen LogP) is 1.27. The van der Waals surface area contributed by atoms with Crippen LogP contribution in [0.3, 0.4) is 0 Å². The van der Waals surface area contributed by atoms with Crippen molar-refractivity contribution in [1.29, 1.82) is 0 Å². The molecule has 0 amide bonds. The Morgan fingerprint density at radius 3 is 2.06 bits per heavy atom. The molecule has 3 aliphatic heterocycles. The zero-order valence-electron chi connectivity index (χ0n) is 37.4. The normalized spacial score (nSPS) is 55.1. The highest BCUT2D eigenvalue weighted by Crippen LogP contribution is 2.76. The van der Waals surface area contributed by atoms with E-state index in [4.69, 9.17) is 28.4 Å². The Bertz CT molecular complexity index is 1680. The average Bonchev–Trinajstić information content (AvgIpc) is 3.22. The maximum atomic E-state index is 14.7. The highest BCUT2D eigenvalue weighted by molar-refractivity contribution is 5.79. The van der Waals surface area contributed by atoms with E-state index in [0.29, 0.717) is 31.1 Å². The van der Waals surface area contributed by atoms with Gasteiger partial charge in [0, 0.05) is 0 Å². The standard InChI is InChI=1S/C46H74O16/c1-21-10-15-46(41(56)62-40-35(54)33(52)32(51)26(18-47)59-40)17-16-44(6)23(30(46)22(21)2)8-9-28-43(5)13-12-29(42(3,4)27(43)11-14-45(28,44)7)60-39-36(55)37(25(49)20-58-39)61-38-34(53)31(50)24(48)19-57-38/h8,21-22,24-40,47-55H,9-20H2,1-7H3/t21-,22+,24+,25+,26-,27+,28-,29-,30+,31+,32-,33+,34-,35-,36-,37+,38+,39+,40+,43+,44-,45-,46+/m1/s1. The summed E-state index contributed by atoms with van der Waals surface area (Å²) in [4.78, 5) is 14.7. The molecule has 8 rings (SSSR count). The van der Waals surface area contributed by atoms with E-state index < -0.39 is 97.9 Å². The van der Waals surface area contributed by atoms with Crippen molar-refractivity contribution < 1.29 is 79.2 Å². The fourth-order valence-corrected chi connectivity index (χ4v) is 14.7. The molecule has 5 aliphatic carbocycles. The first kappa shape index (κ1) is 47.2. The molecule has 0 aromatic heterocycles. The van der Waals surface area contributed by atoms with Gasteiger partial charge >= 0.3 is 5.97 Å². The molecular weight excluding hydrogens is 808 g/mol. The molecule has 3 heterocycles. The van der Waals surface area contributed by atoms with E-state index in [1.807, 2.05) is 0 Å². The minimum Gasteiger partial charge on any atom is -0.432 e. The summed E-state index contributed by atoms with van der Waals surface area (Å²) in [5.74, 6) is 0.537. The third kappa shape index (κ3) is 7.10. The first-order valence-corrected chi connectivity index (χ1v) is 23.2. The molecular formula is C46H74O16. The molecule has 16 heteroatoms. The Morgan fingerprint density at radius 2 is 1.37 bits per heavy atom. The summed E-state index contributed by atoms with van der Waals surface area (Å²) in [5, 5.41) is 94.3. The minimum atomic E-state index is -1.67. The van der Waals surface area contributed by atoms with Crippen LogP contribution < -0.4 is 0 Å². The summed E-state index contributed by atoms with van der Waals surface area (Å²) in [7, 11) is 0. The van der Waals surface area contributed by atoms with Crippen LogP contribution in [0, 0.1) is 56.7 Å². The molecule has 3 saturated heterocycles. The second-order valence-electron chi connectivity index (χ2n) is 22.0. The Balaban J connectivity index is 1.01. The number of allylic oxidation sites excluding steroid dienone is 2. The fraction of sp³-hybridized carbons (Fsp3) is 0.935. The number of aliphatic hydroxyl groups is 9. The van der Waals surface area contributed by atoms with Gasteiger partial charge in [0.25, 0.3) is 0 Å². The van der Waals surface area contributed by atoms with Crippen LogP contribution in [0.15, 0.2) is 11.6 Å². The largest absolute Gasteiger partial charge is 0.432 e. The van der Waals surface area contributed by atoms with E-state index in [2.05, 4.69) is 54.5 Å². The van der Waals surface area contributed by atoms with E-state index in [1.54, 1.807) is 0 Å². The topological polar surface area (TPSA) is 255 Å². The zero-order valence-corrected chi connectivity index (χ0v) is 37.4. The molecule has 0 aromatic carbocycles. The summed E-state index contributed by atoms with van der Waals surface area (Å²) in [6.07, 6.45) is -9.07. The van der Waals surface area contributed by atoms with Crippen LogP contribution >= 0.6 is 0 Å². The lowest BCUT2D eigenvalue weighted by molar-refractivity contribution is -0.346. The maximum absolute atomic E-state index is 14.7. The molecule has 23 atom stereocenters. The Labute approximate surface area is 364 Å². The summed E-state index contributed by atoms with van der Waals surface area (Å²) >= 11 is 0. The molecule has 0 radical (unpaired) electrons. The van der Waals surface area contributed by atoms with Crippen molar-refractivity contribution in [1.82, 2.24) is 0 Å². The van der Waals surface area contributed by atoms with E-state index >= 15 is 0 Å².